The summed E-state index contributed by atoms with van der Waals surface area (Å²) in [4.78, 5) is 25.0. The SMILES string of the molecule is Cc1ccc(C(=O)Nc2cc(C(F)(F)F)cnc2CI)cc1-c1ccc2nc(N)ncc2c1. The van der Waals surface area contributed by atoms with E-state index in [0.29, 0.717) is 21.2 Å². The van der Waals surface area contributed by atoms with Gasteiger partial charge in [-0.3, -0.25) is 9.78 Å². The number of alkyl halides is 4. The van der Waals surface area contributed by atoms with Gasteiger partial charge in [0, 0.05) is 27.8 Å². The van der Waals surface area contributed by atoms with Crippen molar-refractivity contribution in [2.24, 2.45) is 0 Å². The van der Waals surface area contributed by atoms with Gasteiger partial charge in [0.15, 0.2) is 0 Å². The minimum atomic E-state index is -4.56. The zero-order valence-corrected chi connectivity index (χ0v) is 19.4. The van der Waals surface area contributed by atoms with E-state index < -0.39 is 17.6 Å². The zero-order chi connectivity index (χ0) is 23.8. The van der Waals surface area contributed by atoms with Crippen molar-refractivity contribution in [1.82, 2.24) is 15.0 Å². The Balaban J connectivity index is 1.68. The number of anilines is 2. The predicted octanol–water partition coefficient (Wildman–Crippen LogP) is 5.79. The van der Waals surface area contributed by atoms with Gasteiger partial charge in [-0.05, 0) is 53.9 Å². The van der Waals surface area contributed by atoms with E-state index in [2.05, 4.69) is 20.3 Å². The lowest BCUT2D eigenvalue weighted by molar-refractivity contribution is -0.137. The van der Waals surface area contributed by atoms with Crippen molar-refractivity contribution >= 4 is 51.0 Å². The molecular formula is C23H17F3IN5O. The monoisotopic (exact) mass is 563 g/mol. The molecule has 0 saturated heterocycles. The first-order chi connectivity index (χ1) is 15.7. The van der Waals surface area contributed by atoms with Gasteiger partial charge in [0.2, 0.25) is 5.95 Å². The maximum Gasteiger partial charge on any atom is 0.417 e. The minimum Gasteiger partial charge on any atom is -0.368 e. The molecule has 4 rings (SSSR count). The third-order valence-corrected chi connectivity index (χ3v) is 5.80. The third-order valence-electron chi connectivity index (χ3n) is 5.08. The van der Waals surface area contributed by atoms with Gasteiger partial charge in [-0.1, -0.05) is 34.7 Å². The van der Waals surface area contributed by atoms with Crippen LogP contribution in [-0.2, 0) is 10.6 Å². The number of aromatic nitrogens is 3. The molecule has 0 aliphatic carbocycles. The number of nitrogen functional groups attached to an aromatic ring is 1. The Hall–Kier alpha value is -3.28. The van der Waals surface area contributed by atoms with Crippen LogP contribution in [-0.4, -0.2) is 20.9 Å². The number of nitrogens with one attached hydrogen (secondary N) is 1. The Morgan fingerprint density at radius 2 is 1.88 bits per heavy atom. The number of nitrogens with zero attached hydrogens (tertiary/aromatic N) is 3. The van der Waals surface area contributed by atoms with Gasteiger partial charge in [0.05, 0.1) is 22.5 Å². The molecule has 0 atom stereocenters. The average molecular weight is 563 g/mol. The Morgan fingerprint density at radius 1 is 1.09 bits per heavy atom. The molecule has 0 aliphatic heterocycles. The van der Waals surface area contributed by atoms with Gasteiger partial charge in [0.1, 0.15) is 0 Å². The van der Waals surface area contributed by atoms with E-state index in [9.17, 15) is 18.0 Å². The highest BCUT2D eigenvalue weighted by Crippen LogP contribution is 2.32. The summed E-state index contributed by atoms with van der Waals surface area (Å²) in [5.41, 5.74) is 8.68. The molecule has 6 nitrogen and oxygen atoms in total. The molecule has 2 aromatic carbocycles. The summed E-state index contributed by atoms with van der Waals surface area (Å²) in [6.45, 7) is 1.91. The Morgan fingerprint density at radius 3 is 2.61 bits per heavy atom. The molecular weight excluding hydrogens is 546 g/mol. The van der Waals surface area contributed by atoms with Crippen LogP contribution in [0.1, 0.15) is 27.2 Å². The van der Waals surface area contributed by atoms with Crippen LogP contribution in [0.15, 0.2) is 54.9 Å². The van der Waals surface area contributed by atoms with Gasteiger partial charge < -0.3 is 11.1 Å². The fourth-order valence-corrected chi connectivity index (χ4v) is 3.95. The van der Waals surface area contributed by atoms with Crippen LogP contribution in [0.2, 0.25) is 0 Å². The number of benzene rings is 2. The first-order valence-electron chi connectivity index (χ1n) is 9.72. The Kier molecular flexibility index (Phi) is 6.19. The standard InChI is InChI=1S/C23H17F3IN5O/c1-12-2-3-14(7-17(12)13-4-5-18-15(6-13)10-30-22(28)32-18)21(33)31-19-8-16(23(24,25)26)11-29-20(19)9-27/h2-8,10-11H,9H2,1H3,(H,31,33)(H2,28,30,32). The van der Waals surface area contributed by atoms with Gasteiger partial charge in [0.25, 0.3) is 5.91 Å². The minimum absolute atomic E-state index is 0.0341. The van der Waals surface area contributed by atoms with Crippen LogP contribution in [0.25, 0.3) is 22.0 Å². The topological polar surface area (TPSA) is 93.8 Å². The van der Waals surface area contributed by atoms with Gasteiger partial charge in [-0.2, -0.15) is 13.2 Å². The summed E-state index contributed by atoms with van der Waals surface area (Å²) in [5, 5.41) is 3.37. The summed E-state index contributed by atoms with van der Waals surface area (Å²) in [7, 11) is 0. The van der Waals surface area contributed by atoms with Crippen molar-refractivity contribution in [3.63, 3.8) is 0 Å². The van der Waals surface area contributed by atoms with Crippen molar-refractivity contribution in [2.75, 3.05) is 11.1 Å². The lowest BCUT2D eigenvalue weighted by Crippen LogP contribution is -2.15. The molecule has 168 valence electrons. The first-order valence-corrected chi connectivity index (χ1v) is 11.2. The van der Waals surface area contributed by atoms with Crippen LogP contribution >= 0.6 is 22.6 Å². The van der Waals surface area contributed by atoms with E-state index in [-0.39, 0.29) is 11.6 Å². The average Bonchev–Trinajstić information content (AvgIpc) is 2.78. The smallest absolute Gasteiger partial charge is 0.368 e. The molecule has 33 heavy (non-hydrogen) atoms. The maximum absolute atomic E-state index is 13.1. The number of hydrogen-bond donors (Lipinski definition) is 2. The van der Waals surface area contributed by atoms with Crippen molar-refractivity contribution in [3.8, 4) is 11.1 Å². The number of hydrogen-bond acceptors (Lipinski definition) is 5. The number of amides is 1. The van der Waals surface area contributed by atoms with Gasteiger partial charge >= 0.3 is 6.18 Å². The van der Waals surface area contributed by atoms with E-state index in [1.165, 1.54) is 0 Å². The molecule has 0 fully saturated rings. The fraction of sp³-hybridized carbons (Fsp3) is 0.130. The molecule has 1 amide bonds. The normalized spacial score (nSPS) is 11.5. The molecule has 0 aliphatic rings. The van der Waals surface area contributed by atoms with Crippen LogP contribution in [0.4, 0.5) is 24.8 Å². The number of nitrogens with two attached hydrogens (primary N) is 1. The molecule has 0 unspecified atom stereocenters. The number of halogens is 4. The summed E-state index contributed by atoms with van der Waals surface area (Å²) in [6, 6.07) is 11.6. The Bertz CT molecular complexity index is 1370. The van der Waals surface area contributed by atoms with E-state index in [1.807, 2.05) is 47.7 Å². The largest absolute Gasteiger partial charge is 0.417 e. The molecule has 10 heteroatoms. The Labute approximate surface area is 200 Å². The van der Waals surface area contributed by atoms with Crippen molar-refractivity contribution in [2.45, 2.75) is 17.5 Å². The summed E-state index contributed by atoms with van der Waals surface area (Å²) in [5.74, 6) is -0.347. The second-order valence-electron chi connectivity index (χ2n) is 7.34. The number of pyridine rings is 1. The maximum atomic E-state index is 13.1. The predicted molar refractivity (Wildman–Crippen MR) is 129 cm³/mol. The van der Waals surface area contributed by atoms with E-state index >= 15 is 0 Å². The molecule has 0 radical (unpaired) electrons. The van der Waals surface area contributed by atoms with Crippen LogP contribution in [0, 0.1) is 6.92 Å². The van der Waals surface area contributed by atoms with Crippen LogP contribution in [0.3, 0.4) is 0 Å². The van der Waals surface area contributed by atoms with Crippen molar-refractivity contribution in [1.29, 1.82) is 0 Å². The van der Waals surface area contributed by atoms with E-state index in [0.717, 1.165) is 34.3 Å². The van der Waals surface area contributed by atoms with Crippen molar-refractivity contribution < 1.29 is 18.0 Å². The summed E-state index contributed by atoms with van der Waals surface area (Å²) in [6.07, 6.45) is -2.16. The molecule has 2 aromatic heterocycles. The number of fused-ring (bicyclic) bond motifs is 1. The first kappa shape index (κ1) is 22.9. The van der Waals surface area contributed by atoms with E-state index in [1.54, 1.807) is 24.4 Å². The molecule has 0 bridgehead atoms. The molecule has 3 N–H and O–H groups in total. The second kappa shape index (κ2) is 8.93. The number of carbonyl (C=O) groups is 1. The highest BCUT2D eigenvalue weighted by molar-refractivity contribution is 14.1. The van der Waals surface area contributed by atoms with Gasteiger partial charge in [-0.25, -0.2) is 9.97 Å². The van der Waals surface area contributed by atoms with Crippen molar-refractivity contribution in [3.05, 3.63) is 77.2 Å². The molecule has 0 saturated carbocycles. The van der Waals surface area contributed by atoms with Crippen LogP contribution < -0.4 is 11.1 Å². The van der Waals surface area contributed by atoms with Crippen LogP contribution in [0.5, 0.6) is 0 Å². The number of aryl methyl sites for hydroxylation is 1. The lowest BCUT2D eigenvalue weighted by atomic mass is 9.97. The highest BCUT2D eigenvalue weighted by atomic mass is 127. The fourth-order valence-electron chi connectivity index (χ4n) is 3.35. The number of rotatable bonds is 4. The quantitative estimate of drug-likeness (QED) is 0.242. The zero-order valence-electron chi connectivity index (χ0n) is 17.2. The molecule has 4 aromatic rings. The summed E-state index contributed by atoms with van der Waals surface area (Å²) >= 11 is 1.99. The molecule has 0 spiro atoms. The molecule has 2 heterocycles. The highest BCUT2D eigenvalue weighted by Gasteiger charge is 2.32. The summed E-state index contributed by atoms with van der Waals surface area (Å²) < 4.78 is 39.7. The van der Waals surface area contributed by atoms with E-state index in [4.69, 9.17) is 5.73 Å². The third kappa shape index (κ3) is 4.90. The number of carbonyl (C=O) groups excluding carboxylic acids is 1. The lowest BCUT2D eigenvalue weighted by Gasteiger charge is -2.14. The second-order valence-corrected chi connectivity index (χ2v) is 8.10. The van der Waals surface area contributed by atoms with Gasteiger partial charge in [-0.15, -0.1) is 0 Å².